The Labute approximate surface area is 79.4 Å². The van der Waals surface area contributed by atoms with Crippen molar-refractivity contribution in [3.63, 3.8) is 0 Å². The largest absolute Gasteiger partial charge is 0.384 e. The number of rotatable bonds is 3. The second kappa shape index (κ2) is 3.79. The predicted octanol–water partition coefficient (Wildman–Crippen LogP) is 1.81. The minimum absolute atomic E-state index is 0.649. The van der Waals surface area contributed by atoms with E-state index in [0.29, 0.717) is 5.92 Å². The lowest BCUT2D eigenvalue weighted by atomic mass is 10.0. The zero-order valence-corrected chi connectivity index (χ0v) is 8.01. The average molecular weight is 176 g/mol. The molecular weight excluding hydrogens is 160 g/mol. The Morgan fingerprint density at radius 1 is 1.46 bits per heavy atom. The highest BCUT2D eigenvalue weighted by atomic mass is 14.9. The number of benzene rings is 1. The highest BCUT2D eigenvalue weighted by Gasteiger charge is 2.20. The van der Waals surface area contributed by atoms with Gasteiger partial charge in [0.25, 0.3) is 0 Å². The van der Waals surface area contributed by atoms with Gasteiger partial charge in [-0.15, -0.1) is 0 Å². The van der Waals surface area contributed by atoms with Crippen molar-refractivity contribution in [3.8, 4) is 0 Å². The SMILES string of the molecule is CCNCC1CNc2ccccc21. The monoisotopic (exact) mass is 176 g/mol. The average Bonchev–Trinajstić information content (AvgIpc) is 2.58. The number of anilines is 1. The minimum Gasteiger partial charge on any atom is -0.384 e. The van der Waals surface area contributed by atoms with Crippen molar-refractivity contribution >= 4 is 5.69 Å². The Kier molecular flexibility index (Phi) is 2.50. The van der Waals surface area contributed by atoms with Crippen molar-refractivity contribution < 1.29 is 0 Å². The molecule has 1 unspecified atom stereocenters. The molecule has 0 saturated heterocycles. The van der Waals surface area contributed by atoms with Crippen LogP contribution in [-0.2, 0) is 0 Å². The summed E-state index contributed by atoms with van der Waals surface area (Å²) < 4.78 is 0. The second-order valence-corrected chi connectivity index (χ2v) is 3.47. The van der Waals surface area contributed by atoms with Crippen LogP contribution in [0.2, 0.25) is 0 Å². The molecule has 0 saturated carbocycles. The molecule has 1 atom stereocenters. The summed E-state index contributed by atoms with van der Waals surface area (Å²) in [6, 6.07) is 8.57. The third-order valence-corrected chi connectivity index (χ3v) is 2.58. The van der Waals surface area contributed by atoms with Crippen LogP contribution in [0.15, 0.2) is 24.3 Å². The van der Waals surface area contributed by atoms with Crippen LogP contribution in [0.25, 0.3) is 0 Å². The predicted molar refractivity (Wildman–Crippen MR) is 56.2 cm³/mol. The number of likely N-dealkylation sites (N-methyl/N-ethyl adjacent to an activating group) is 1. The van der Waals surface area contributed by atoms with Gasteiger partial charge in [-0.05, 0) is 18.2 Å². The molecular formula is C11H16N2. The summed E-state index contributed by atoms with van der Waals surface area (Å²) in [5.41, 5.74) is 2.77. The van der Waals surface area contributed by atoms with E-state index < -0.39 is 0 Å². The summed E-state index contributed by atoms with van der Waals surface area (Å²) in [4.78, 5) is 0. The molecule has 1 aliphatic rings. The normalized spacial score (nSPS) is 19.6. The lowest BCUT2D eigenvalue weighted by Gasteiger charge is -2.09. The van der Waals surface area contributed by atoms with Gasteiger partial charge in [0.05, 0.1) is 0 Å². The molecule has 2 nitrogen and oxygen atoms in total. The molecule has 0 bridgehead atoms. The smallest absolute Gasteiger partial charge is 0.0376 e. The van der Waals surface area contributed by atoms with Gasteiger partial charge in [-0.1, -0.05) is 25.1 Å². The van der Waals surface area contributed by atoms with E-state index in [0.717, 1.165) is 19.6 Å². The number of hydrogen-bond donors (Lipinski definition) is 2. The van der Waals surface area contributed by atoms with Crippen molar-refractivity contribution in [2.24, 2.45) is 0 Å². The van der Waals surface area contributed by atoms with Gasteiger partial charge in [-0.25, -0.2) is 0 Å². The van der Waals surface area contributed by atoms with Crippen LogP contribution < -0.4 is 10.6 Å². The highest BCUT2D eigenvalue weighted by Crippen LogP contribution is 2.30. The van der Waals surface area contributed by atoms with E-state index in [-0.39, 0.29) is 0 Å². The summed E-state index contributed by atoms with van der Waals surface area (Å²) in [5.74, 6) is 0.649. The number of fused-ring (bicyclic) bond motifs is 1. The first-order valence-corrected chi connectivity index (χ1v) is 4.95. The zero-order valence-electron chi connectivity index (χ0n) is 8.01. The molecule has 0 fully saturated rings. The van der Waals surface area contributed by atoms with E-state index in [1.54, 1.807) is 0 Å². The van der Waals surface area contributed by atoms with Crippen LogP contribution in [0.4, 0.5) is 5.69 Å². The van der Waals surface area contributed by atoms with Crippen LogP contribution >= 0.6 is 0 Å². The molecule has 1 aromatic carbocycles. The minimum atomic E-state index is 0.649. The standard InChI is InChI=1S/C11H16N2/c1-2-12-7-9-8-13-11-6-4-3-5-10(9)11/h3-6,9,12-13H,2,7-8H2,1H3. The van der Waals surface area contributed by atoms with E-state index in [1.165, 1.54) is 11.3 Å². The van der Waals surface area contributed by atoms with Gasteiger partial charge in [0, 0.05) is 24.7 Å². The van der Waals surface area contributed by atoms with Crippen LogP contribution in [0.5, 0.6) is 0 Å². The fraction of sp³-hybridized carbons (Fsp3) is 0.455. The molecule has 1 aromatic rings. The van der Waals surface area contributed by atoms with Gasteiger partial charge in [-0.3, -0.25) is 0 Å². The molecule has 70 valence electrons. The maximum atomic E-state index is 3.42. The Balaban J connectivity index is 2.09. The van der Waals surface area contributed by atoms with Gasteiger partial charge in [0.2, 0.25) is 0 Å². The summed E-state index contributed by atoms with van der Waals surface area (Å²) in [7, 11) is 0. The van der Waals surface area contributed by atoms with Gasteiger partial charge in [-0.2, -0.15) is 0 Å². The Morgan fingerprint density at radius 3 is 3.15 bits per heavy atom. The summed E-state index contributed by atoms with van der Waals surface area (Å²) in [6.07, 6.45) is 0. The topological polar surface area (TPSA) is 24.1 Å². The van der Waals surface area contributed by atoms with E-state index in [2.05, 4.69) is 41.8 Å². The lowest BCUT2D eigenvalue weighted by molar-refractivity contribution is 0.632. The van der Waals surface area contributed by atoms with Crippen molar-refractivity contribution in [1.29, 1.82) is 0 Å². The van der Waals surface area contributed by atoms with Gasteiger partial charge < -0.3 is 10.6 Å². The molecule has 1 heterocycles. The van der Waals surface area contributed by atoms with E-state index in [4.69, 9.17) is 0 Å². The first-order valence-electron chi connectivity index (χ1n) is 4.95. The molecule has 0 spiro atoms. The molecule has 13 heavy (non-hydrogen) atoms. The summed E-state index contributed by atoms with van der Waals surface area (Å²) in [5, 5.41) is 6.81. The number of para-hydroxylation sites is 1. The maximum absolute atomic E-state index is 3.42. The van der Waals surface area contributed by atoms with Crippen LogP contribution in [0, 0.1) is 0 Å². The lowest BCUT2D eigenvalue weighted by Crippen LogP contribution is -2.22. The van der Waals surface area contributed by atoms with E-state index in [1.807, 2.05) is 0 Å². The first kappa shape index (κ1) is 8.57. The van der Waals surface area contributed by atoms with Gasteiger partial charge in [0.15, 0.2) is 0 Å². The molecule has 2 rings (SSSR count). The highest BCUT2D eigenvalue weighted by molar-refractivity contribution is 5.57. The van der Waals surface area contributed by atoms with Crippen LogP contribution in [-0.4, -0.2) is 19.6 Å². The van der Waals surface area contributed by atoms with Crippen molar-refractivity contribution in [1.82, 2.24) is 5.32 Å². The molecule has 1 aliphatic heterocycles. The summed E-state index contributed by atoms with van der Waals surface area (Å²) >= 11 is 0. The quantitative estimate of drug-likeness (QED) is 0.734. The fourth-order valence-electron chi connectivity index (χ4n) is 1.86. The molecule has 0 aromatic heterocycles. The van der Waals surface area contributed by atoms with E-state index >= 15 is 0 Å². The number of nitrogens with one attached hydrogen (secondary N) is 2. The van der Waals surface area contributed by atoms with Crippen molar-refractivity contribution in [2.75, 3.05) is 25.0 Å². The second-order valence-electron chi connectivity index (χ2n) is 3.47. The Bertz CT molecular complexity index is 283. The van der Waals surface area contributed by atoms with Crippen LogP contribution in [0.1, 0.15) is 18.4 Å². The molecule has 2 N–H and O–H groups in total. The van der Waals surface area contributed by atoms with Crippen LogP contribution in [0.3, 0.4) is 0 Å². The maximum Gasteiger partial charge on any atom is 0.0376 e. The fourth-order valence-corrected chi connectivity index (χ4v) is 1.86. The van der Waals surface area contributed by atoms with Gasteiger partial charge >= 0.3 is 0 Å². The third-order valence-electron chi connectivity index (χ3n) is 2.58. The summed E-state index contributed by atoms with van der Waals surface area (Å²) in [6.45, 7) is 5.36. The molecule has 0 radical (unpaired) electrons. The molecule has 0 aliphatic carbocycles. The Hall–Kier alpha value is -1.02. The van der Waals surface area contributed by atoms with Crippen molar-refractivity contribution in [3.05, 3.63) is 29.8 Å². The molecule has 2 heteroatoms. The van der Waals surface area contributed by atoms with Crippen molar-refractivity contribution in [2.45, 2.75) is 12.8 Å². The number of hydrogen-bond acceptors (Lipinski definition) is 2. The zero-order chi connectivity index (χ0) is 9.10. The van der Waals surface area contributed by atoms with Gasteiger partial charge in [0.1, 0.15) is 0 Å². The first-order chi connectivity index (χ1) is 6.42. The van der Waals surface area contributed by atoms with E-state index in [9.17, 15) is 0 Å². The Morgan fingerprint density at radius 2 is 2.31 bits per heavy atom. The third kappa shape index (κ3) is 1.68. The molecule has 0 amide bonds.